The fourth-order valence-electron chi connectivity index (χ4n) is 3.79. The summed E-state index contributed by atoms with van der Waals surface area (Å²) in [5.74, 6) is -1.97. The van der Waals surface area contributed by atoms with Gasteiger partial charge in [-0.05, 0) is 31.0 Å². The summed E-state index contributed by atoms with van der Waals surface area (Å²) in [5.41, 5.74) is -0.888. The molecule has 22 heavy (non-hydrogen) atoms. The van der Waals surface area contributed by atoms with Gasteiger partial charge in [0.15, 0.2) is 0 Å². The Balaban J connectivity index is 1.72. The third-order valence-electron chi connectivity index (χ3n) is 4.72. The Kier molecular flexibility index (Phi) is 2.70. The van der Waals surface area contributed by atoms with Crippen molar-refractivity contribution in [3.05, 3.63) is 29.8 Å². The first-order valence-electron chi connectivity index (χ1n) is 7.08. The average molecular weight is 311 g/mol. The highest BCUT2D eigenvalue weighted by molar-refractivity contribution is 6.22. The van der Waals surface area contributed by atoms with Crippen LogP contribution < -0.4 is 4.90 Å². The maximum Gasteiger partial charge on any atom is 0.416 e. The van der Waals surface area contributed by atoms with Gasteiger partial charge in [0.25, 0.3) is 0 Å². The number of nitrogens with zero attached hydrogens (tertiary/aromatic N) is 1. The van der Waals surface area contributed by atoms with Gasteiger partial charge in [-0.15, -0.1) is 0 Å². The molecule has 4 nitrogen and oxygen atoms in total. The van der Waals surface area contributed by atoms with E-state index in [1.54, 1.807) is 0 Å². The highest BCUT2D eigenvalue weighted by atomic mass is 19.4. The molecular formula is C15H12F3NO3. The molecular weight excluding hydrogens is 299 g/mol. The van der Waals surface area contributed by atoms with Crippen LogP contribution in [0.2, 0.25) is 0 Å². The van der Waals surface area contributed by atoms with Gasteiger partial charge in [0.1, 0.15) is 0 Å². The van der Waals surface area contributed by atoms with Gasteiger partial charge < -0.3 is 4.74 Å². The maximum atomic E-state index is 12.8. The third kappa shape index (κ3) is 1.75. The molecule has 116 valence electrons. The Morgan fingerprint density at radius 3 is 2.18 bits per heavy atom. The number of carbonyl (C=O) groups excluding carboxylic acids is 2. The Bertz CT molecular complexity index is 644. The van der Waals surface area contributed by atoms with E-state index in [9.17, 15) is 22.8 Å². The summed E-state index contributed by atoms with van der Waals surface area (Å²) >= 11 is 0. The van der Waals surface area contributed by atoms with Crippen LogP contribution in [0.4, 0.5) is 18.9 Å². The first-order chi connectivity index (χ1) is 10.4. The van der Waals surface area contributed by atoms with E-state index in [1.165, 1.54) is 12.1 Å². The Morgan fingerprint density at radius 2 is 1.64 bits per heavy atom. The lowest BCUT2D eigenvalue weighted by molar-refractivity contribution is -0.137. The van der Waals surface area contributed by atoms with Crippen molar-refractivity contribution in [2.45, 2.75) is 31.2 Å². The summed E-state index contributed by atoms with van der Waals surface area (Å²) < 4.78 is 44.0. The van der Waals surface area contributed by atoms with Gasteiger partial charge >= 0.3 is 6.18 Å². The van der Waals surface area contributed by atoms with Gasteiger partial charge in [-0.1, -0.05) is 6.07 Å². The lowest BCUT2D eigenvalue weighted by Crippen LogP contribution is -2.34. The minimum Gasteiger partial charge on any atom is -0.373 e. The molecule has 1 aromatic rings. The summed E-state index contributed by atoms with van der Waals surface area (Å²) in [6.45, 7) is 0. The standard InChI is InChI=1S/C15H12F3NO3/c16-15(17,18)7-2-1-3-8(6-7)19-13(20)11-9-4-5-10(22-9)12(11)14(19)21/h1-3,6,9-12H,4-5H2/t9?,10?,11-,12?/m0/s1. The Morgan fingerprint density at radius 1 is 1.05 bits per heavy atom. The molecule has 0 saturated carbocycles. The van der Waals surface area contributed by atoms with Crippen molar-refractivity contribution in [2.24, 2.45) is 11.8 Å². The van der Waals surface area contributed by atoms with Crippen molar-refractivity contribution in [3.8, 4) is 0 Å². The van der Waals surface area contributed by atoms with Gasteiger partial charge in [-0.2, -0.15) is 13.2 Å². The number of fused-ring (bicyclic) bond motifs is 5. The van der Waals surface area contributed by atoms with E-state index in [1.807, 2.05) is 0 Å². The van der Waals surface area contributed by atoms with E-state index < -0.39 is 35.4 Å². The van der Waals surface area contributed by atoms with Gasteiger partial charge in [-0.25, -0.2) is 4.90 Å². The molecule has 3 unspecified atom stereocenters. The van der Waals surface area contributed by atoms with Crippen LogP contribution in [0.25, 0.3) is 0 Å². The van der Waals surface area contributed by atoms with Crippen LogP contribution >= 0.6 is 0 Å². The number of carbonyl (C=O) groups is 2. The van der Waals surface area contributed by atoms with Crippen molar-refractivity contribution < 1.29 is 27.5 Å². The van der Waals surface area contributed by atoms with Crippen molar-refractivity contribution >= 4 is 17.5 Å². The molecule has 4 rings (SSSR count). The molecule has 0 aliphatic carbocycles. The molecule has 0 spiro atoms. The fourth-order valence-corrected chi connectivity index (χ4v) is 3.79. The summed E-state index contributed by atoms with van der Waals surface area (Å²) in [7, 11) is 0. The summed E-state index contributed by atoms with van der Waals surface area (Å²) in [5, 5.41) is 0. The number of halogens is 3. The third-order valence-corrected chi connectivity index (χ3v) is 4.72. The largest absolute Gasteiger partial charge is 0.416 e. The number of ether oxygens (including phenoxy) is 1. The van der Waals surface area contributed by atoms with Crippen LogP contribution in [0.1, 0.15) is 18.4 Å². The quantitative estimate of drug-likeness (QED) is 0.748. The van der Waals surface area contributed by atoms with Gasteiger partial charge in [0.2, 0.25) is 11.8 Å². The van der Waals surface area contributed by atoms with Crippen molar-refractivity contribution in [2.75, 3.05) is 4.90 Å². The number of amides is 2. The minimum absolute atomic E-state index is 0.0152. The normalized spacial score (nSPS) is 33.7. The van der Waals surface area contributed by atoms with Crippen molar-refractivity contribution in [3.63, 3.8) is 0 Å². The van der Waals surface area contributed by atoms with Gasteiger partial charge in [0, 0.05) is 0 Å². The number of alkyl halides is 3. The number of hydrogen-bond acceptors (Lipinski definition) is 3. The second-order valence-electron chi connectivity index (χ2n) is 5.90. The summed E-state index contributed by atoms with van der Waals surface area (Å²) in [4.78, 5) is 25.9. The lowest BCUT2D eigenvalue weighted by atomic mass is 9.81. The maximum absolute atomic E-state index is 12.8. The first kappa shape index (κ1) is 13.8. The molecule has 3 aliphatic heterocycles. The highest BCUT2D eigenvalue weighted by Crippen LogP contribution is 2.49. The SMILES string of the molecule is O=C1C2C3CCC(O3)[C@@H]2C(=O)N1c1cccc(C(F)(F)F)c1. The average Bonchev–Trinajstić information content (AvgIpc) is 3.12. The zero-order valence-corrected chi connectivity index (χ0v) is 11.3. The molecule has 3 aliphatic rings. The van der Waals surface area contributed by atoms with Crippen LogP contribution in [0.3, 0.4) is 0 Å². The van der Waals surface area contributed by atoms with Gasteiger partial charge in [-0.3, -0.25) is 9.59 Å². The molecule has 3 saturated heterocycles. The van der Waals surface area contributed by atoms with Crippen LogP contribution in [-0.2, 0) is 20.5 Å². The van der Waals surface area contributed by atoms with Crippen LogP contribution in [0.15, 0.2) is 24.3 Å². The molecule has 3 fully saturated rings. The Labute approximate surface area is 123 Å². The van der Waals surface area contributed by atoms with Crippen LogP contribution in [-0.4, -0.2) is 24.0 Å². The molecule has 0 aromatic heterocycles. The van der Waals surface area contributed by atoms with Crippen LogP contribution in [0, 0.1) is 11.8 Å². The molecule has 2 bridgehead atoms. The van der Waals surface area contributed by atoms with E-state index in [-0.39, 0.29) is 17.9 Å². The number of imide groups is 1. The lowest BCUT2D eigenvalue weighted by Gasteiger charge is -2.18. The molecule has 0 N–H and O–H groups in total. The van der Waals surface area contributed by atoms with Crippen LogP contribution in [0.5, 0.6) is 0 Å². The van der Waals surface area contributed by atoms with E-state index in [4.69, 9.17) is 4.74 Å². The fraction of sp³-hybridized carbons (Fsp3) is 0.467. The second-order valence-corrected chi connectivity index (χ2v) is 5.90. The number of benzene rings is 1. The highest BCUT2D eigenvalue weighted by Gasteiger charge is 2.62. The summed E-state index contributed by atoms with van der Waals surface area (Å²) in [6, 6.07) is 4.33. The second kappa shape index (κ2) is 4.32. The molecule has 4 atom stereocenters. The smallest absolute Gasteiger partial charge is 0.373 e. The molecule has 3 heterocycles. The predicted molar refractivity (Wildman–Crippen MR) is 68.8 cm³/mol. The number of rotatable bonds is 1. The molecule has 1 aromatic carbocycles. The first-order valence-corrected chi connectivity index (χ1v) is 7.08. The monoisotopic (exact) mass is 311 g/mol. The van der Waals surface area contributed by atoms with E-state index >= 15 is 0 Å². The number of hydrogen-bond donors (Lipinski definition) is 0. The van der Waals surface area contributed by atoms with Crippen molar-refractivity contribution in [1.29, 1.82) is 0 Å². The van der Waals surface area contributed by atoms with Crippen molar-refractivity contribution in [1.82, 2.24) is 0 Å². The Hall–Kier alpha value is -1.89. The zero-order chi connectivity index (χ0) is 15.6. The minimum atomic E-state index is -4.51. The van der Waals surface area contributed by atoms with E-state index in [2.05, 4.69) is 0 Å². The zero-order valence-electron chi connectivity index (χ0n) is 11.3. The number of anilines is 1. The predicted octanol–water partition coefficient (Wildman–Crippen LogP) is 2.37. The van der Waals surface area contributed by atoms with Gasteiger partial charge in [0.05, 0.1) is 35.3 Å². The molecule has 0 radical (unpaired) electrons. The van der Waals surface area contributed by atoms with E-state index in [0.29, 0.717) is 0 Å². The topological polar surface area (TPSA) is 46.6 Å². The molecule has 2 amide bonds. The molecule has 7 heteroatoms. The van der Waals surface area contributed by atoms with E-state index in [0.717, 1.165) is 29.9 Å². The summed E-state index contributed by atoms with van der Waals surface area (Å²) in [6.07, 6.45) is -3.62.